The number of amides is 1. The van der Waals surface area contributed by atoms with E-state index in [1.54, 1.807) is 0 Å². The summed E-state index contributed by atoms with van der Waals surface area (Å²) in [5, 5.41) is 6.09. The van der Waals surface area contributed by atoms with Crippen molar-refractivity contribution in [3.05, 3.63) is 23.5 Å². The molecule has 2 rings (SSSR count). The lowest BCUT2D eigenvalue weighted by atomic mass is 10.2. The van der Waals surface area contributed by atoms with Crippen LogP contribution in [-0.2, 0) is 4.79 Å². The first-order chi connectivity index (χ1) is 7.66. The van der Waals surface area contributed by atoms with Crippen LogP contribution in [0.2, 0.25) is 0 Å². The van der Waals surface area contributed by atoms with Gasteiger partial charge in [-0.15, -0.1) is 0 Å². The van der Waals surface area contributed by atoms with Crippen LogP contribution in [0.15, 0.2) is 12.1 Å². The molecule has 1 aliphatic heterocycles. The molecule has 4 nitrogen and oxygen atoms in total. The molecule has 2 heterocycles. The van der Waals surface area contributed by atoms with Gasteiger partial charge in [-0.2, -0.15) is 0 Å². The number of pyridine rings is 1. The minimum Gasteiger partial charge on any atom is -0.323 e. The van der Waals surface area contributed by atoms with Gasteiger partial charge >= 0.3 is 0 Å². The number of carbonyl (C=O) groups excluding carboxylic acids is 1. The van der Waals surface area contributed by atoms with Crippen molar-refractivity contribution in [3.8, 4) is 0 Å². The van der Waals surface area contributed by atoms with Crippen LogP contribution in [0.3, 0.4) is 0 Å². The van der Waals surface area contributed by atoms with Gasteiger partial charge in [-0.25, -0.2) is 0 Å². The highest BCUT2D eigenvalue weighted by Crippen LogP contribution is 2.14. The zero-order valence-electron chi connectivity index (χ0n) is 9.71. The summed E-state index contributed by atoms with van der Waals surface area (Å²) >= 11 is 0. The van der Waals surface area contributed by atoms with Crippen LogP contribution < -0.4 is 10.6 Å². The minimum atomic E-state index is -0.0410. The first kappa shape index (κ1) is 11.1. The molecule has 0 spiro atoms. The second-order valence-corrected chi connectivity index (χ2v) is 4.22. The van der Waals surface area contributed by atoms with Crippen LogP contribution in [0.25, 0.3) is 0 Å². The maximum absolute atomic E-state index is 11.9. The van der Waals surface area contributed by atoms with Crippen molar-refractivity contribution in [2.45, 2.75) is 32.7 Å². The number of hydrogen-bond donors (Lipinski definition) is 2. The highest BCUT2D eigenvalue weighted by molar-refractivity contribution is 5.95. The highest BCUT2D eigenvalue weighted by atomic mass is 16.2. The van der Waals surface area contributed by atoms with Crippen LogP contribution in [0, 0.1) is 13.8 Å². The molecular weight excluding hydrogens is 202 g/mol. The third-order valence-corrected chi connectivity index (χ3v) is 2.86. The van der Waals surface area contributed by atoms with Crippen LogP contribution in [0.1, 0.15) is 24.2 Å². The van der Waals surface area contributed by atoms with E-state index in [2.05, 4.69) is 15.6 Å². The number of nitrogens with zero attached hydrogens (tertiary/aromatic N) is 1. The first-order valence-corrected chi connectivity index (χ1v) is 5.65. The molecule has 1 saturated heterocycles. The van der Waals surface area contributed by atoms with Crippen LogP contribution >= 0.6 is 0 Å². The van der Waals surface area contributed by atoms with Gasteiger partial charge in [0.15, 0.2) is 0 Å². The van der Waals surface area contributed by atoms with E-state index in [0.717, 1.165) is 36.5 Å². The fourth-order valence-electron chi connectivity index (χ4n) is 1.95. The van der Waals surface area contributed by atoms with E-state index >= 15 is 0 Å². The van der Waals surface area contributed by atoms with Crippen LogP contribution in [-0.4, -0.2) is 23.5 Å². The Bertz CT molecular complexity index is 397. The average molecular weight is 219 g/mol. The van der Waals surface area contributed by atoms with Gasteiger partial charge in [0, 0.05) is 5.69 Å². The highest BCUT2D eigenvalue weighted by Gasteiger charge is 2.22. The molecule has 16 heavy (non-hydrogen) atoms. The number of nitrogens with one attached hydrogen (secondary N) is 2. The Balaban J connectivity index is 2.05. The fourth-order valence-corrected chi connectivity index (χ4v) is 1.95. The Morgan fingerprint density at radius 2 is 2.31 bits per heavy atom. The van der Waals surface area contributed by atoms with E-state index in [1.165, 1.54) is 0 Å². The number of carbonyl (C=O) groups is 1. The molecule has 1 aromatic rings. The van der Waals surface area contributed by atoms with Gasteiger partial charge < -0.3 is 10.6 Å². The summed E-state index contributed by atoms with van der Waals surface area (Å²) in [5.74, 6) is 0.0475. The largest absolute Gasteiger partial charge is 0.323 e. The molecule has 1 aliphatic rings. The average Bonchev–Trinajstić information content (AvgIpc) is 2.75. The fraction of sp³-hybridized carbons (Fsp3) is 0.500. The van der Waals surface area contributed by atoms with E-state index in [1.807, 2.05) is 26.0 Å². The topological polar surface area (TPSA) is 54.0 Å². The molecule has 1 atom stereocenters. The molecule has 0 radical (unpaired) electrons. The number of anilines is 1. The quantitative estimate of drug-likeness (QED) is 0.790. The summed E-state index contributed by atoms with van der Waals surface area (Å²) in [4.78, 5) is 16.2. The standard InChI is InChI=1S/C12H17N3O/c1-8-5-6-10(9(2)14-8)15-12(16)11-4-3-7-13-11/h5-6,11,13H,3-4,7H2,1-2H3,(H,15,16)/t11-/m1/s1. The number of rotatable bonds is 2. The summed E-state index contributed by atoms with van der Waals surface area (Å²) < 4.78 is 0. The monoisotopic (exact) mass is 219 g/mol. The molecule has 0 unspecified atom stereocenters. The maximum atomic E-state index is 11.9. The first-order valence-electron chi connectivity index (χ1n) is 5.65. The van der Waals surface area contributed by atoms with Gasteiger partial charge in [0.05, 0.1) is 17.4 Å². The van der Waals surface area contributed by atoms with Gasteiger partial charge in [-0.3, -0.25) is 9.78 Å². The van der Waals surface area contributed by atoms with Crippen molar-refractivity contribution in [2.24, 2.45) is 0 Å². The van der Waals surface area contributed by atoms with Crippen molar-refractivity contribution in [1.29, 1.82) is 0 Å². The predicted octanol–water partition coefficient (Wildman–Crippen LogP) is 1.39. The normalized spacial score (nSPS) is 19.8. The molecule has 1 fully saturated rings. The van der Waals surface area contributed by atoms with E-state index in [4.69, 9.17) is 0 Å². The Kier molecular flexibility index (Phi) is 3.19. The lowest BCUT2D eigenvalue weighted by Crippen LogP contribution is -2.35. The van der Waals surface area contributed by atoms with Gasteiger partial charge in [-0.05, 0) is 45.4 Å². The van der Waals surface area contributed by atoms with Crippen LogP contribution in [0.4, 0.5) is 5.69 Å². The second-order valence-electron chi connectivity index (χ2n) is 4.22. The van der Waals surface area contributed by atoms with Crippen molar-refractivity contribution < 1.29 is 4.79 Å². The number of aromatic nitrogens is 1. The molecule has 0 bridgehead atoms. The van der Waals surface area contributed by atoms with Gasteiger partial charge in [-0.1, -0.05) is 0 Å². The molecule has 0 aliphatic carbocycles. The maximum Gasteiger partial charge on any atom is 0.241 e. The molecule has 4 heteroatoms. The zero-order chi connectivity index (χ0) is 11.5. The molecule has 1 aromatic heterocycles. The summed E-state index contributed by atoms with van der Waals surface area (Å²) in [6, 6.07) is 3.77. The lowest BCUT2D eigenvalue weighted by Gasteiger charge is -2.12. The van der Waals surface area contributed by atoms with Crippen molar-refractivity contribution >= 4 is 11.6 Å². The Hall–Kier alpha value is -1.42. The lowest BCUT2D eigenvalue weighted by molar-refractivity contribution is -0.117. The summed E-state index contributed by atoms with van der Waals surface area (Å²) in [5.41, 5.74) is 2.64. The molecule has 0 saturated carbocycles. The van der Waals surface area contributed by atoms with E-state index < -0.39 is 0 Å². The van der Waals surface area contributed by atoms with E-state index in [9.17, 15) is 4.79 Å². The van der Waals surface area contributed by atoms with Gasteiger partial charge in [0.25, 0.3) is 0 Å². The Morgan fingerprint density at radius 3 is 2.94 bits per heavy atom. The molecule has 86 valence electrons. The van der Waals surface area contributed by atoms with E-state index in [-0.39, 0.29) is 11.9 Å². The second kappa shape index (κ2) is 4.61. The van der Waals surface area contributed by atoms with Crippen LogP contribution in [0.5, 0.6) is 0 Å². The summed E-state index contributed by atoms with van der Waals surface area (Å²) in [7, 11) is 0. The van der Waals surface area contributed by atoms with Crippen molar-refractivity contribution in [3.63, 3.8) is 0 Å². The number of hydrogen-bond acceptors (Lipinski definition) is 3. The third kappa shape index (κ3) is 2.39. The SMILES string of the molecule is Cc1ccc(NC(=O)[C@H]2CCCN2)c(C)n1. The Morgan fingerprint density at radius 1 is 1.50 bits per heavy atom. The zero-order valence-corrected chi connectivity index (χ0v) is 9.71. The minimum absolute atomic E-state index is 0.0410. The smallest absolute Gasteiger partial charge is 0.241 e. The third-order valence-electron chi connectivity index (χ3n) is 2.86. The summed E-state index contributed by atoms with van der Waals surface area (Å²) in [6.45, 7) is 4.78. The van der Waals surface area contributed by atoms with E-state index in [0.29, 0.717) is 0 Å². The van der Waals surface area contributed by atoms with Gasteiger partial charge in [0.2, 0.25) is 5.91 Å². The Labute approximate surface area is 95.5 Å². The number of aryl methyl sites for hydroxylation is 2. The molecule has 1 amide bonds. The summed E-state index contributed by atoms with van der Waals surface area (Å²) in [6.07, 6.45) is 1.99. The predicted molar refractivity (Wildman–Crippen MR) is 63.4 cm³/mol. The molecular formula is C12H17N3O. The molecule has 2 N–H and O–H groups in total. The van der Waals surface area contributed by atoms with Crippen molar-refractivity contribution in [1.82, 2.24) is 10.3 Å². The van der Waals surface area contributed by atoms with Crippen molar-refractivity contribution in [2.75, 3.05) is 11.9 Å². The van der Waals surface area contributed by atoms with Gasteiger partial charge in [0.1, 0.15) is 0 Å². The molecule has 0 aromatic carbocycles.